The molecule has 0 saturated carbocycles. The highest BCUT2D eigenvalue weighted by atomic mass is 16.5. The zero-order valence-electron chi connectivity index (χ0n) is 12.0. The SMILES string of the molecule is COc1ccc(CN=C(N)N2CCCCCC2)cc1O. The minimum absolute atomic E-state index is 0.133. The number of aromatic hydroxyl groups is 1. The van der Waals surface area contributed by atoms with Crippen LogP contribution in [-0.2, 0) is 6.54 Å². The molecular formula is C15H23N3O2. The molecule has 1 saturated heterocycles. The maximum atomic E-state index is 9.73. The number of aliphatic imine (C=N–C) groups is 1. The summed E-state index contributed by atoms with van der Waals surface area (Å²) in [5, 5.41) is 9.73. The van der Waals surface area contributed by atoms with E-state index in [1.54, 1.807) is 12.1 Å². The molecule has 0 radical (unpaired) electrons. The van der Waals surface area contributed by atoms with E-state index in [2.05, 4.69) is 9.89 Å². The Morgan fingerprint density at radius 3 is 2.60 bits per heavy atom. The molecule has 1 aliphatic rings. The Morgan fingerprint density at radius 2 is 2.00 bits per heavy atom. The number of nitrogens with zero attached hydrogens (tertiary/aromatic N) is 2. The summed E-state index contributed by atoms with van der Waals surface area (Å²) in [6, 6.07) is 5.29. The minimum Gasteiger partial charge on any atom is -0.504 e. The van der Waals surface area contributed by atoms with Crippen LogP contribution in [0.1, 0.15) is 31.2 Å². The highest BCUT2D eigenvalue weighted by Crippen LogP contribution is 2.26. The molecule has 1 aliphatic heterocycles. The number of benzene rings is 1. The molecule has 0 aliphatic carbocycles. The fraction of sp³-hybridized carbons (Fsp3) is 0.533. The predicted octanol–water partition coefficient (Wildman–Crippen LogP) is 2.09. The number of phenols is 1. The standard InChI is InChI=1S/C15H23N3O2/c1-20-14-7-6-12(10-13(14)19)11-17-15(16)18-8-4-2-3-5-9-18/h6-7,10,19H,2-5,8-9,11H2,1H3,(H2,16,17). The molecule has 110 valence electrons. The van der Waals surface area contributed by atoms with E-state index in [-0.39, 0.29) is 5.75 Å². The summed E-state index contributed by atoms with van der Waals surface area (Å²) in [6.07, 6.45) is 4.91. The average molecular weight is 277 g/mol. The smallest absolute Gasteiger partial charge is 0.191 e. The lowest BCUT2D eigenvalue weighted by atomic mass is 10.2. The number of methoxy groups -OCH3 is 1. The molecule has 0 bridgehead atoms. The van der Waals surface area contributed by atoms with Gasteiger partial charge in [0.15, 0.2) is 17.5 Å². The quantitative estimate of drug-likeness (QED) is 0.655. The third-order valence-corrected chi connectivity index (χ3v) is 3.60. The molecule has 1 aromatic rings. The van der Waals surface area contributed by atoms with Crippen molar-refractivity contribution >= 4 is 5.96 Å². The molecule has 5 nitrogen and oxygen atoms in total. The van der Waals surface area contributed by atoms with Crippen molar-refractivity contribution in [2.75, 3.05) is 20.2 Å². The zero-order valence-corrected chi connectivity index (χ0v) is 12.0. The number of guanidine groups is 1. The Kier molecular flexibility index (Phi) is 5.09. The topological polar surface area (TPSA) is 71.1 Å². The van der Waals surface area contributed by atoms with Gasteiger partial charge < -0.3 is 20.5 Å². The molecule has 0 spiro atoms. The number of phenolic OH excluding ortho intramolecular Hbond substituents is 1. The van der Waals surface area contributed by atoms with Crippen LogP contribution in [0.4, 0.5) is 0 Å². The zero-order chi connectivity index (χ0) is 14.4. The Balaban J connectivity index is 1.98. The summed E-state index contributed by atoms with van der Waals surface area (Å²) in [4.78, 5) is 6.57. The van der Waals surface area contributed by atoms with E-state index in [4.69, 9.17) is 10.5 Å². The summed E-state index contributed by atoms with van der Waals surface area (Å²) < 4.78 is 5.02. The minimum atomic E-state index is 0.133. The second kappa shape index (κ2) is 7.03. The molecule has 1 fully saturated rings. The summed E-state index contributed by atoms with van der Waals surface area (Å²) in [6.45, 7) is 2.45. The van der Waals surface area contributed by atoms with Gasteiger partial charge in [-0.25, -0.2) is 4.99 Å². The lowest BCUT2D eigenvalue weighted by molar-refractivity contribution is 0.373. The lowest BCUT2D eigenvalue weighted by Crippen LogP contribution is -2.38. The molecule has 1 aromatic carbocycles. The van der Waals surface area contributed by atoms with Crippen LogP contribution in [0.15, 0.2) is 23.2 Å². The number of hydrogen-bond acceptors (Lipinski definition) is 3. The molecule has 20 heavy (non-hydrogen) atoms. The van der Waals surface area contributed by atoms with Crippen LogP contribution in [0.2, 0.25) is 0 Å². The molecule has 2 rings (SSSR count). The fourth-order valence-electron chi connectivity index (χ4n) is 2.41. The molecule has 0 atom stereocenters. The monoisotopic (exact) mass is 277 g/mol. The van der Waals surface area contributed by atoms with Crippen LogP contribution >= 0.6 is 0 Å². The van der Waals surface area contributed by atoms with Crippen molar-refractivity contribution in [3.63, 3.8) is 0 Å². The molecule has 5 heteroatoms. The van der Waals surface area contributed by atoms with Gasteiger partial charge in [0.25, 0.3) is 0 Å². The highest BCUT2D eigenvalue weighted by Gasteiger charge is 2.10. The van der Waals surface area contributed by atoms with Gasteiger partial charge in [0.05, 0.1) is 13.7 Å². The van der Waals surface area contributed by atoms with Gasteiger partial charge >= 0.3 is 0 Å². The first-order valence-electron chi connectivity index (χ1n) is 7.11. The lowest BCUT2D eigenvalue weighted by Gasteiger charge is -2.21. The van der Waals surface area contributed by atoms with Crippen LogP contribution in [0.5, 0.6) is 11.5 Å². The van der Waals surface area contributed by atoms with Crippen LogP contribution in [0, 0.1) is 0 Å². The Labute approximate surface area is 120 Å². The van der Waals surface area contributed by atoms with E-state index in [9.17, 15) is 5.11 Å². The number of rotatable bonds is 3. The average Bonchev–Trinajstić information content (AvgIpc) is 2.74. The van der Waals surface area contributed by atoms with Crippen LogP contribution in [0.25, 0.3) is 0 Å². The second-order valence-electron chi connectivity index (χ2n) is 5.08. The maximum Gasteiger partial charge on any atom is 0.191 e. The number of hydrogen-bond donors (Lipinski definition) is 2. The summed E-state index contributed by atoms with van der Waals surface area (Å²) in [7, 11) is 1.53. The van der Waals surface area contributed by atoms with Gasteiger partial charge in [-0.2, -0.15) is 0 Å². The van der Waals surface area contributed by atoms with Crippen molar-refractivity contribution in [2.45, 2.75) is 32.2 Å². The van der Waals surface area contributed by atoms with E-state index in [0.717, 1.165) is 18.7 Å². The molecule has 0 aromatic heterocycles. The largest absolute Gasteiger partial charge is 0.504 e. The molecular weight excluding hydrogens is 254 g/mol. The van der Waals surface area contributed by atoms with Crippen molar-refractivity contribution in [1.29, 1.82) is 0 Å². The molecule has 0 amide bonds. The van der Waals surface area contributed by atoms with Crippen LogP contribution in [-0.4, -0.2) is 36.2 Å². The van der Waals surface area contributed by atoms with E-state index in [1.807, 2.05) is 6.07 Å². The molecule has 0 unspecified atom stereocenters. The number of likely N-dealkylation sites (tertiary alicyclic amines) is 1. The molecule has 1 heterocycles. The van der Waals surface area contributed by atoms with Gasteiger partial charge in [-0.05, 0) is 30.5 Å². The van der Waals surface area contributed by atoms with Crippen molar-refractivity contribution in [2.24, 2.45) is 10.7 Å². The third kappa shape index (κ3) is 3.79. The van der Waals surface area contributed by atoms with Crippen LogP contribution in [0.3, 0.4) is 0 Å². The fourth-order valence-corrected chi connectivity index (χ4v) is 2.41. The van der Waals surface area contributed by atoms with Gasteiger partial charge in [-0.1, -0.05) is 18.9 Å². The van der Waals surface area contributed by atoms with E-state index < -0.39 is 0 Å². The van der Waals surface area contributed by atoms with Gasteiger partial charge in [-0.3, -0.25) is 0 Å². The van der Waals surface area contributed by atoms with Crippen molar-refractivity contribution < 1.29 is 9.84 Å². The maximum absolute atomic E-state index is 9.73. The Bertz CT molecular complexity index is 466. The van der Waals surface area contributed by atoms with E-state index in [1.165, 1.54) is 32.8 Å². The summed E-state index contributed by atoms with van der Waals surface area (Å²) >= 11 is 0. The third-order valence-electron chi connectivity index (χ3n) is 3.60. The van der Waals surface area contributed by atoms with E-state index in [0.29, 0.717) is 18.3 Å². The Morgan fingerprint density at radius 1 is 1.30 bits per heavy atom. The van der Waals surface area contributed by atoms with Crippen molar-refractivity contribution in [3.05, 3.63) is 23.8 Å². The van der Waals surface area contributed by atoms with Gasteiger partial charge in [0, 0.05) is 13.1 Å². The first kappa shape index (κ1) is 14.5. The van der Waals surface area contributed by atoms with Gasteiger partial charge in [0.2, 0.25) is 0 Å². The second-order valence-corrected chi connectivity index (χ2v) is 5.08. The number of ether oxygens (including phenoxy) is 1. The summed E-state index contributed by atoms with van der Waals surface area (Å²) in [5.41, 5.74) is 6.97. The predicted molar refractivity (Wildman–Crippen MR) is 80.0 cm³/mol. The first-order valence-corrected chi connectivity index (χ1v) is 7.11. The Hall–Kier alpha value is -1.91. The van der Waals surface area contributed by atoms with Gasteiger partial charge in [0.1, 0.15) is 0 Å². The van der Waals surface area contributed by atoms with Crippen molar-refractivity contribution in [3.8, 4) is 11.5 Å². The number of nitrogens with two attached hydrogens (primary N) is 1. The van der Waals surface area contributed by atoms with Gasteiger partial charge in [-0.15, -0.1) is 0 Å². The summed E-state index contributed by atoms with van der Waals surface area (Å²) in [5.74, 6) is 1.20. The van der Waals surface area contributed by atoms with Crippen LogP contribution < -0.4 is 10.5 Å². The van der Waals surface area contributed by atoms with E-state index >= 15 is 0 Å². The molecule has 3 N–H and O–H groups in total. The normalized spacial score (nSPS) is 16.9. The van der Waals surface area contributed by atoms with Crippen molar-refractivity contribution in [1.82, 2.24) is 4.90 Å². The highest BCUT2D eigenvalue weighted by molar-refractivity contribution is 5.78. The first-order chi connectivity index (χ1) is 9.70.